The number of rotatable bonds is 5. The van der Waals surface area contributed by atoms with Gasteiger partial charge in [0.2, 0.25) is 0 Å². The van der Waals surface area contributed by atoms with Crippen molar-refractivity contribution in [3.63, 3.8) is 0 Å². The zero-order valence-electron chi connectivity index (χ0n) is 10.3. The Bertz CT molecular complexity index is 475. The van der Waals surface area contributed by atoms with Gasteiger partial charge in [0.15, 0.2) is 9.84 Å². The standard InChI is InChI=1S/C13H19NO2S/c1-10(11-3-4-11)9-14-12-5-7-13(8-6-12)17(2,15)16/h5-8,10-11,14H,3-4,9H2,1-2H3. The van der Waals surface area contributed by atoms with Crippen molar-refractivity contribution in [2.45, 2.75) is 24.7 Å². The summed E-state index contributed by atoms with van der Waals surface area (Å²) in [5, 5.41) is 3.35. The van der Waals surface area contributed by atoms with Gasteiger partial charge in [0.05, 0.1) is 4.90 Å². The van der Waals surface area contributed by atoms with Gasteiger partial charge in [-0.2, -0.15) is 0 Å². The number of hydrogen-bond acceptors (Lipinski definition) is 3. The van der Waals surface area contributed by atoms with Crippen LogP contribution in [-0.2, 0) is 9.84 Å². The van der Waals surface area contributed by atoms with Gasteiger partial charge in [-0.3, -0.25) is 0 Å². The smallest absolute Gasteiger partial charge is 0.175 e. The number of benzene rings is 1. The molecule has 1 N–H and O–H groups in total. The first-order valence-electron chi connectivity index (χ1n) is 6.01. The van der Waals surface area contributed by atoms with E-state index in [1.54, 1.807) is 12.1 Å². The molecule has 1 aromatic rings. The second kappa shape index (κ2) is 4.69. The molecule has 1 aliphatic carbocycles. The normalized spacial score (nSPS) is 17.8. The quantitative estimate of drug-likeness (QED) is 0.877. The van der Waals surface area contributed by atoms with E-state index >= 15 is 0 Å². The van der Waals surface area contributed by atoms with E-state index < -0.39 is 9.84 Å². The topological polar surface area (TPSA) is 46.2 Å². The Hall–Kier alpha value is -1.03. The molecular formula is C13H19NO2S. The molecular weight excluding hydrogens is 234 g/mol. The molecule has 0 aromatic heterocycles. The molecule has 1 saturated carbocycles. The molecule has 1 atom stereocenters. The lowest BCUT2D eigenvalue weighted by atomic mass is 10.1. The molecule has 1 aromatic carbocycles. The number of sulfone groups is 1. The largest absolute Gasteiger partial charge is 0.385 e. The summed E-state index contributed by atoms with van der Waals surface area (Å²) in [4.78, 5) is 0.373. The predicted molar refractivity (Wildman–Crippen MR) is 69.9 cm³/mol. The minimum absolute atomic E-state index is 0.373. The fraction of sp³-hybridized carbons (Fsp3) is 0.538. The molecule has 2 rings (SSSR count). The molecule has 1 unspecified atom stereocenters. The van der Waals surface area contributed by atoms with Gasteiger partial charge in [0.25, 0.3) is 0 Å². The van der Waals surface area contributed by atoms with E-state index in [0.717, 1.165) is 18.2 Å². The van der Waals surface area contributed by atoms with Gasteiger partial charge in [-0.05, 0) is 48.9 Å². The van der Waals surface area contributed by atoms with Crippen molar-refractivity contribution in [3.05, 3.63) is 24.3 Å². The molecule has 0 radical (unpaired) electrons. The Morgan fingerprint density at radius 2 is 1.88 bits per heavy atom. The zero-order valence-corrected chi connectivity index (χ0v) is 11.1. The predicted octanol–water partition coefficient (Wildman–Crippen LogP) is 2.55. The summed E-state index contributed by atoms with van der Waals surface area (Å²) in [6.45, 7) is 3.22. The van der Waals surface area contributed by atoms with Crippen LogP contribution in [0.5, 0.6) is 0 Å². The highest BCUT2D eigenvalue weighted by atomic mass is 32.2. The van der Waals surface area contributed by atoms with Gasteiger partial charge in [0.1, 0.15) is 0 Å². The lowest BCUT2D eigenvalue weighted by molar-refractivity contribution is 0.536. The first kappa shape index (κ1) is 12.4. The average molecular weight is 253 g/mol. The van der Waals surface area contributed by atoms with Crippen LogP contribution in [0.1, 0.15) is 19.8 Å². The highest BCUT2D eigenvalue weighted by Gasteiger charge is 2.27. The van der Waals surface area contributed by atoms with Crippen molar-refractivity contribution in [1.82, 2.24) is 0 Å². The maximum atomic E-state index is 11.3. The molecule has 1 fully saturated rings. The van der Waals surface area contributed by atoms with Crippen LogP contribution >= 0.6 is 0 Å². The fourth-order valence-corrected chi connectivity index (χ4v) is 2.56. The molecule has 0 aliphatic heterocycles. The summed E-state index contributed by atoms with van der Waals surface area (Å²) in [7, 11) is -3.08. The van der Waals surface area contributed by atoms with E-state index in [1.807, 2.05) is 12.1 Å². The second-order valence-corrected chi connectivity index (χ2v) is 7.01. The minimum atomic E-state index is -3.08. The number of hydrogen-bond donors (Lipinski definition) is 1. The molecule has 94 valence electrons. The van der Waals surface area contributed by atoms with Crippen LogP contribution in [0.2, 0.25) is 0 Å². The lowest BCUT2D eigenvalue weighted by Gasteiger charge is -2.12. The Balaban J connectivity index is 1.93. The summed E-state index contributed by atoms with van der Waals surface area (Å²) in [5.74, 6) is 1.59. The zero-order chi connectivity index (χ0) is 12.5. The molecule has 0 bridgehead atoms. The lowest BCUT2D eigenvalue weighted by Crippen LogP contribution is -2.12. The van der Waals surface area contributed by atoms with Crippen LogP contribution in [0, 0.1) is 11.8 Å². The maximum Gasteiger partial charge on any atom is 0.175 e. The number of anilines is 1. The van der Waals surface area contributed by atoms with Crippen LogP contribution in [0.25, 0.3) is 0 Å². The number of nitrogens with one attached hydrogen (secondary N) is 1. The monoisotopic (exact) mass is 253 g/mol. The van der Waals surface area contributed by atoms with E-state index in [0.29, 0.717) is 10.8 Å². The molecule has 3 nitrogen and oxygen atoms in total. The van der Waals surface area contributed by atoms with Crippen molar-refractivity contribution >= 4 is 15.5 Å². The van der Waals surface area contributed by atoms with Gasteiger partial charge >= 0.3 is 0 Å². The summed E-state index contributed by atoms with van der Waals surface area (Å²) in [5.41, 5.74) is 0.991. The van der Waals surface area contributed by atoms with E-state index in [1.165, 1.54) is 19.1 Å². The van der Waals surface area contributed by atoms with E-state index in [2.05, 4.69) is 12.2 Å². The summed E-state index contributed by atoms with van der Waals surface area (Å²) in [6.07, 6.45) is 3.94. The molecule has 4 heteroatoms. The second-order valence-electron chi connectivity index (χ2n) is 4.99. The van der Waals surface area contributed by atoms with Crippen LogP contribution < -0.4 is 5.32 Å². The van der Waals surface area contributed by atoms with E-state index in [9.17, 15) is 8.42 Å². The Morgan fingerprint density at radius 1 is 1.29 bits per heavy atom. The third kappa shape index (κ3) is 3.46. The van der Waals surface area contributed by atoms with Crippen LogP contribution in [0.15, 0.2) is 29.2 Å². The molecule has 0 spiro atoms. The first-order valence-corrected chi connectivity index (χ1v) is 7.90. The van der Waals surface area contributed by atoms with Crippen molar-refractivity contribution < 1.29 is 8.42 Å². The first-order chi connectivity index (χ1) is 7.97. The highest BCUT2D eigenvalue weighted by Crippen LogP contribution is 2.36. The van der Waals surface area contributed by atoms with Crippen molar-refractivity contribution in [3.8, 4) is 0 Å². The van der Waals surface area contributed by atoms with Crippen molar-refractivity contribution in [2.24, 2.45) is 11.8 Å². The van der Waals surface area contributed by atoms with Gasteiger partial charge in [-0.15, -0.1) is 0 Å². The maximum absolute atomic E-state index is 11.3. The fourth-order valence-electron chi connectivity index (χ4n) is 1.93. The van der Waals surface area contributed by atoms with Gasteiger partial charge < -0.3 is 5.32 Å². The third-order valence-electron chi connectivity index (χ3n) is 3.34. The molecule has 1 aliphatic rings. The Labute approximate surface area is 103 Å². The van der Waals surface area contributed by atoms with Crippen LogP contribution in [0.4, 0.5) is 5.69 Å². The minimum Gasteiger partial charge on any atom is -0.385 e. The van der Waals surface area contributed by atoms with Gasteiger partial charge in [-0.1, -0.05) is 6.92 Å². The summed E-state index contributed by atoms with van der Waals surface area (Å²) >= 11 is 0. The molecule has 0 saturated heterocycles. The Morgan fingerprint density at radius 3 is 2.35 bits per heavy atom. The van der Waals surface area contributed by atoms with Crippen molar-refractivity contribution in [2.75, 3.05) is 18.1 Å². The average Bonchev–Trinajstić information content (AvgIpc) is 3.09. The highest BCUT2D eigenvalue weighted by molar-refractivity contribution is 7.90. The summed E-state index contributed by atoms with van der Waals surface area (Å²) < 4.78 is 22.6. The van der Waals surface area contributed by atoms with E-state index in [-0.39, 0.29) is 0 Å². The molecule has 17 heavy (non-hydrogen) atoms. The molecule has 0 heterocycles. The van der Waals surface area contributed by atoms with Gasteiger partial charge in [-0.25, -0.2) is 8.42 Å². The van der Waals surface area contributed by atoms with Crippen LogP contribution in [-0.4, -0.2) is 21.2 Å². The third-order valence-corrected chi connectivity index (χ3v) is 4.47. The SMILES string of the molecule is CC(CNc1ccc(S(C)(=O)=O)cc1)C1CC1. The van der Waals surface area contributed by atoms with E-state index in [4.69, 9.17) is 0 Å². The Kier molecular flexibility index (Phi) is 3.43. The van der Waals surface area contributed by atoms with Crippen LogP contribution in [0.3, 0.4) is 0 Å². The molecule has 0 amide bonds. The van der Waals surface area contributed by atoms with Crippen molar-refractivity contribution in [1.29, 1.82) is 0 Å². The van der Waals surface area contributed by atoms with Gasteiger partial charge in [0, 0.05) is 18.5 Å². The summed E-state index contributed by atoms with van der Waals surface area (Å²) in [6, 6.07) is 6.96.